The molecule has 0 saturated carbocycles. The lowest BCUT2D eigenvalue weighted by atomic mass is 10.1. The number of unbranched alkanes of at least 4 members (excludes halogenated alkanes) is 18. The number of benzene rings is 1. The van der Waals surface area contributed by atoms with E-state index in [1.54, 1.807) is 37.4 Å². The second kappa shape index (κ2) is 31.5. The number of esters is 2. The number of hydrogen-bond acceptors (Lipinski definition) is 11. The van der Waals surface area contributed by atoms with Crippen molar-refractivity contribution in [3.05, 3.63) is 23.8 Å². The lowest BCUT2D eigenvalue weighted by molar-refractivity contribution is -0.133. The van der Waals surface area contributed by atoms with Gasteiger partial charge in [-0.3, -0.25) is 9.59 Å². The van der Waals surface area contributed by atoms with E-state index in [1.165, 1.54) is 157 Å². The molecule has 0 aliphatic rings. The van der Waals surface area contributed by atoms with Gasteiger partial charge in [0.05, 0.1) is 5.56 Å². The number of carboxylic acid groups (broad SMARTS) is 1. The monoisotopic (exact) mass is 818 g/mol. The minimum atomic E-state index is -1.23. The minimum absolute atomic E-state index is 0.0121. The summed E-state index contributed by atoms with van der Waals surface area (Å²) in [5.74, 6) is -0.545. The van der Waals surface area contributed by atoms with Gasteiger partial charge in [-0.1, -0.05) is 177 Å². The van der Waals surface area contributed by atoms with Gasteiger partial charge in [-0.15, -0.1) is 23.5 Å². The van der Waals surface area contributed by atoms with Crippen molar-refractivity contribution in [3.8, 4) is 11.5 Å². The van der Waals surface area contributed by atoms with E-state index in [0.29, 0.717) is 7.06 Å². The highest BCUT2D eigenvalue weighted by molar-refractivity contribution is 8.48. The van der Waals surface area contributed by atoms with Crippen LogP contribution < -0.4 is 9.47 Å². The zero-order valence-electron chi connectivity index (χ0n) is 31.4. The molecule has 6 nitrogen and oxygen atoms in total. The molecule has 0 spiro atoms. The normalized spacial score (nSPS) is 12.3. The van der Waals surface area contributed by atoms with Crippen molar-refractivity contribution in [2.24, 2.45) is 0 Å². The Balaban J connectivity index is 2.42. The molecule has 0 radical (unpaired) electrons. The van der Waals surface area contributed by atoms with Crippen LogP contribution in [0.2, 0.25) is 0 Å². The van der Waals surface area contributed by atoms with Crippen molar-refractivity contribution in [3.63, 3.8) is 0 Å². The first-order valence-electron chi connectivity index (χ1n) is 19.1. The van der Waals surface area contributed by atoms with E-state index < -0.39 is 28.4 Å². The van der Waals surface area contributed by atoms with Crippen molar-refractivity contribution in [1.29, 1.82) is 0 Å². The van der Waals surface area contributed by atoms with E-state index in [0.717, 1.165) is 24.3 Å². The zero-order valence-corrected chi connectivity index (χ0v) is 36.3. The fraction of sp³-hybridized carbons (Fsp3) is 0.718. The van der Waals surface area contributed by atoms with E-state index in [-0.39, 0.29) is 17.1 Å². The van der Waals surface area contributed by atoms with E-state index in [1.807, 2.05) is 0 Å². The molecule has 290 valence electrons. The fourth-order valence-corrected chi connectivity index (χ4v) is 10.3. The van der Waals surface area contributed by atoms with Gasteiger partial charge in [-0.2, -0.15) is 0 Å². The number of hydrogen-bond donors (Lipinski definition) is 1. The van der Waals surface area contributed by atoms with Crippen LogP contribution in [0.15, 0.2) is 18.2 Å². The first kappa shape index (κ1) is 48.2. The van der Waals surface area contributed by atoms with Gasteiger partial charge in [-0.05, 0) is 50.3 Å². The van der Waals surface area contributed by atoms with Crippen molar-refractivity contribution in [2.45, 2.75) is 167 Å². The Bertz CT molecular complexity index is 1080. The van der Waals surface area contributed by atoms with Gasteiger partial charge >= 0.3 is 17.9 Å². The molecule has 12 heteroatoms. The van der Waals surface area contributed by atoms with E-state index >= 15 is 0 Å². The molecule has 1 aromatic rings. The summed E-state index contributed by atoms with van der Waals surface area (Å²) >= 11 is 16.7. The first-order chi connectivity index (χ1) is 24.6. The summed E-state index contributed by atoms with van der Waals surface area (Å²) in [7, 11) is 0. The molecule has 0 aromatic heterocycles. The number of rotatable bonds is 29. The molecular formula is C39H62O6S6. The van der Waals surface area contributed by atoms with Crippen LogP contribution in [-0.4, -0.2) is 52.1 Å². The number of thiocarbonyl (C=S) groups is 2. The molecule has 51 heavy (non-hydrogen) atoms. The Morgan fingerprint density at radius 1 is 0.569 bits per heavy atom. The van der Waals surface area contributed by atoms with Crippen LogP contribution in [0.25, 0.3) is 0 Å². The molecule has 0 bridgehead atoms. The predicted molar refractivity (Wildman–Crippen MR) is 233 cm³/mol. The molecule has 0 heterocycles. The summed E-state index contributed by atoms with van der Waals surface area (Å²) in [6.07, 6.45) is 25.6. The summed E-state index contributed by atoms with van der Waals surface area (Å²) in [5.41, 5.74) is -0.158. The topological polar surface area (TPSA) is 89.9 Å². The van der Waals surface area contributed by atoms with Crippen LogP contribution in [0.5, 0.6) is 11.5 Å². The number of carbonyl (C=O) groups excluding carboxylic acids is 2. The molecule has 0 amide bonds. The molecule has 2 unspecified atom stereocenters. The highest BCUT2D eigenvalue weighted by Crippen LogP contribution is 2.29. The third kappa shape index (κ3) is 25.8. The highest BCUT2D eigenvalue weighted by Gasteiger charge is 2.22. The van der Waals surface area contributed by atoms with Crippen LogP contribution >= 0.6 is 71.5 Å². The van der Waals surface area contributed by atoms with Gasteiger partial charge in [0.2, 0.25) is 0 Å². The maximum absolute atomic E-state index is 12.9. The van der Waals surface area contributed by atoms with Crippen LogP contribution in [0.1, 0.15) is 166 Å². The Labute approximate surface area is 336 Å². The second-order valence-electron chi connectivity index (χ2n) is 12.9. The molecule has 2 atom stereocenters. The van der Waals surface area contributed by atoms with Crippen LogP contribution in [0.3, 0.4) is 0 Å². The van der Waals surface area contributed by atoms with Gasteiger partial charge in [0, 0.05) is 6.07 Å². The largest absolute Gasteiger partial charge is 0.478 e. The zero-order chi connectivity index (χ0) is 37.7. The molecule has 1 aromatic carbocycles. The number of aromatic carboxylic acids is 1. The summed E-state index contributed by atoms with van der Waals surface area (Å²) in [5, 5.41) is 8.45. The SMILES string of the molecule is CCCCCCCCCCCCSC(=S)SC(C)C(=O)Oc1cc(OC(=O)C(C)SC(=S)SCCCCCCCCCCCC)cc(C(=O)O)c1. The average Bonchev–Trinajstić information content (AvgIpc) is 3.09. The quantitative estimate of drug-likeness (QED) is 0.0361. The van der Waals surface area contributed by atoms with E-state index in [9.17, 15) is 19.5 Å². The number of ether oxygens (including phenoxy) is 2. The summed E-state index contributed by atoms with van der Waals surface area (Å²) in [6.45, 7) is 7.90. The Morgan fingerprint density at radius 3 is 1.20 bits per heavy atom. The van der Waals surface area contributed by atoms with Gasteiger partial charge < -0.3 is 14.6 Å². The van der Waals surface area contributed by atoms with Crippen LogP contribution in [-0.2, 0) is 9.59 Å². The van der Waals surface area contributed by atoms with E-state index in [4.69, 9.17) is 33.9 Å². The molecule has 1 N–H and O–H groups in total. The Morgan fingerprint density at radius 2 is 0.882 bits per heavy atom. The molecular weight excluding hydrogens is 757 g/mol. The van der Waals surface area contributed by atoms with Gasteiger partial charge in [0.15, 0.2) is 0 Å². The summed E-state index contributed by atoms with van der Waals surface area (Å²) < 4.78 is 12.4. The minimum Gasteiger partial charge on any atom is -0.478 e. The summed E-state index contributed by atoms with van der Waals surface area (Å²) in [6, 6.07) is 3.84. The maximum Gasteiger partial charge on any atom is 0.335 e. The third-order valence-electron chi connectivity index (χ3n) is 8.21. The lowest BCUT2D eigenvalue weighted by Crippen LogP contribution is -2.22. The maximum atomic E-state index is 12.9. The molecule has 0 aliphatic heterocycles. The molecule has 1 rings (SSSR count). The number of thioether (sulfide) groups is 4. The van der Waals surface area contributed by atoms with Crippen molar-refractivity contribution < 1.29 is 29.0 Å². The van der Waals surface area contributed by atoms with Gasteiger partial charge in [0.25, 0.3) is 0 Å². The van der Waals surface area contributed by atoms with Crippen molar-refractivity contribution in [1.82, 2.24) is 0 Å². The van der Waals surface area contributed by atoms with Crippen molar-refractivity contribution in [2.75, 3.05) is 11.5 Å². The Kier molecular flexibility index (Phi) is 29.8. The van der Waals surface area contributed by atoms with Crippen LogP contribution in [0, 0.1) is 0 Å². The molecule has 0 saturated heterocycles. The standard InChI is InChI=1S/C39H62O6S6/c1-5-7-9-11-13-15-17-19-21-23-25-48-38(46)50-30(3)36(42)44-33-27-32(35(40)41)28-34(29-33)45-37(43)31(4)51-39(47)49-26-24-22-20-18-16-14-12-10-8-6-2/h27-31H,5-26H2,1-4H3,(H,40,41). The number of carbonyl (C=O) groups is 3. The van der Waals surface area contributed by atoms with Gasteiger partial charge in [-0.25, -0.2) is 4.79 Å². The first-order valence-corrected chi connectivity index (χ1v) is 23.6. The molecule has 0 aliphatic carbocycles. The second-order valence-corrected chi connectivity index (χ2v) is 20.2. The van der Waals surface area contributed by atoms with Gasteiger partial charge in [0.1, 0.15) is 29.1 Å². The van der Waals surface area contributed by atoms with Crippen molar-refractivity contribution >= 4 is 96.4 Å². The molecule has 0 fully saturated rings. The smallest absolute Gasteiger partial charge is 0.335 e. The highest BCUT2D eigenvalue weighted by atomic mass is 32.2. The fourth-order valence-electron chi connectivity index (χ4n) is 5.15. The van der Waals surface area contributed by atoms with E-state index in [2.05, 4.69) is 13.8 Å². The van der Waals surface area contributed by atoms with Crippen LogP contribution in [0.4, 0.5) is 0 Å². The number of carboxylic acids is 1. The predicted octanol–water partition coefficient (Wildman–Crippen LogP) is 13.3. The summed E-state index contributed by atoms with van der Waals surface area (Å²) in [4.78, 5) is 37.6. The average molecular weight is 819 g/mol. The lowest BCUT2D eigenvalue weighted by Gasteiger charge is -2.14. The Hall–Kier alpha value is -0.790. The third-order valence-corrected chi connectivity index (χ3v) is 13.7.